The van der Waals surface area contributed by atoms with Crippen LogP contribution in [0.3, 0.4) is 0 Å². The zero-order valence-corrected chi connectivity index (χ0v) is 12.2. The van der Waals surface area contributed by atoms with Gasteiger partial charge in [0, 0.05) is 4.90 Å². The molecule has 1 spiro atoms. The van der Waals surface area contributed by atoms with Crippen molar-refractivity contribution in [3.63, 3.8) is 0 Å². The van der Waals surface area contributed by atoms with E-state index in [-0.39, 0.29) is 4.75 Å². The van der Waals surface area contributed by atoms with Crippen LogP contribution in [0.2, 0.25) is 0 Å². The van der Waals surface area contributed by atoms with Crippen molar-refractivity contribution in [2.45, 2.75) is 61.0 Å². The van der Waals surface area contributed by atoms with Gasteiger partial charge >= 0.3 is 0 Å². The molecule has 0 aromatic heterocycles. The molecule has 0 aliphatic heterocycles. The van der Waals surface area contributed by atoms with Gasteiger partial charge in [0.2, 0.25) is 0 Å². The Bertz CT molecular complexity index is 458. The molecule has 0 N–H and O–H groups in total. The lowest BCUT2D eigenvalue weighted by molar-refractivity contribution is 0.0882. The summed E-state index contributed by atoms with van der Waals surface area (Å²) in [6.07, 6.45) is 10.5. The Morgan fingerprint density at radius 3 is 2.16 bits per heavy atom. The number of hydrogen-bond donors (Lipinski definition) is 0. The van der Waals surface area contributed by atoms with E-state index in [9.17, 15) is 5.26 Å². The SMILES string of the molecule is N#CC1(Sc2ccccc2)CC2(CCCCCC2)C1. The van der Waals surface area contributed by atoms with Crippen molar-refractivity contribution in [2.75, 3.05) is 0 Å². The Labute approximate surface area is 120 Å². The first-order chi connectivity index (χ1) is 9.26. The van der Waals surface area contributed by atoms with Gasteiger partial charge in [0.05, 0.1) is 6.07 Å². The van der Waals surface area contributed by atoms with E-state index in [1.165, 1.54) is 43.4 Å². The maximum Gasteiger partial charge on any atom is 0.108 e. The molecule has 0 bridgehead atoms. The van der Waals surface area contributed by atoms with Crippen LogP contribution < -0.4 is 0 Å². The molecule has 0 radical (unpaired) electrons. The Balaban J connectivity index is 1.69. The summed E-state index contributed by atoms with van der Waals surface area (Å²) < 4.78 is -0.147. The number of rotatable bonds is 2. The number of thioether (sulfide) groups is 1. The number of nitrogens with zero attached hydrogens (tertiary/aromatic N) is 1. The topological polar surface area (TPSA) is 23.8 Å². The molecule has 0 unspecified atom stereocenters. The first-order valence-corrected chi connectivity index (χ1v) is 8.23. The molecule has 1 aromatic rings. The molecule has 100 valence electrons. The fourth-order valence-electron chi connectivity index (χ4n) is 3.88. The van der Waals surface area contributed by atoms with Crippen LogP contribution in [-0.4, -0.2) is 4.75 Å². The van der Waals surface area contributed by atoms with Crippen molar-refractivity contribution in [3.05, 3.63) is 30.3 Å². The fourth-order valence-corrected chi connectivity index (χ4v) is 5.43. The van der Waals surface area contributed by atoms with Gasteiger partial charge in [0.15, 0.2) is 0 Å². The predicted molar refractivity (Wildman–Crippen MR) is 80.0 cm³/mol. The summed E-state index contributed by atoms with van der Waals surface area (Å²) in [5.41, 5.74) is 0.508. The van der Waals surface area contributed by atoms with Crippen LogP contribution >= 0.6 is 11.8 Å². The molecule has 3 rings (SSSR count). The third-order valence-electron chi connectivity index (χ3n) is 4.75. The molecule has 1 nitrogen and oxygen atoms in total. The quantitative estimate of drug-likeness (QED) is 0.740. The molecule has 2 aliphatic rings. The lowest BCUT2D eigenvalue weighted by Crippen LogP contribution is -2.48. The van der Waals surface area contributed by atoms with Gasteiger partial charge in [0.1, 0.15) is 4.75 Å². The van der Waals surface area contributed by atoms with Gasteiger partial charge in [-0.15, -0.1) is 11.8 Å². The van der Waals surface area contributed by atoms with Crippen LogP contribution in [-0.2, 0) is 0 Å². The number of hydrogen-bond acceptors (Lipinski definition) is 2. The fraction of sp³-hybridized carbons (Fsp3) is 0.588. The van der Waals surface area contributed by atoms with Gasteiger partial charge in [-0.3, -0.25) is 0 Å². The van der Waals surface area contributed by atoms with Crippen LogP contribution in [0.5, 0.6) is 0 Å². The summed E-state index contributed by atoms with van der Waals surface area (Å²) >= 11 is 1.79. The Hall–Kier alpha value is -0.940. The minimum Gasteiger partial charge on any atom is -0.197 e. The predicted octanol–water partition coefficient (Wildman–Crippen LogP) is 5.18. The zero-order valence-electron chi connectivity index (χ0n) is 11.4. The summed E-state index contributed by atoms with van der Waals surface area (Å²) in [7, 11) is 0. The van der Waals surface area contributed by atoms with Crippen molar-refractivity contribution >= 4 is 11.8 Å². The maximum atomic E-state index is 9.61. The summed E-state index contributed by atoms with van der Waals surface area (Å²) in [5.74, 6) is 0. The van der Waals surface area contributed by atoms with Gasteiger partial charge in [-0.25, -0.2) is 0 Å². The number of benzene rings is 1. The van der Waals surface area contributed by atoms with Crippen molar-refractivity contribution in [1.82, 2.24) is 0 Å². The highest BCUT2D eigenvalue weighted by atomic mass is 32.2. The van der Waals surface area contributed by atoms with Crippen LogP contribution in [0.15, 0.2) is 35.2 Å². The summed E-state index contributed by atoms with van der Waals surface area (Å²) in [4.78, 5) is 1.24. The monoisotopic (exact) mass is 271 g/mol. The van der Waals surface area contributed by atoms with E-state index in [4.69, 9.17) is 0 Å². The van der Waals surface area contributed by atoms with Crippen molar-refractivity contribution < 1.29 is 0 Å². The highest BCUT2D eigenvalue weighted by Crippen LogP contribution is 2.62. The van der Waals surface area contributed by atoms with Gasteiger partial charge in [-0.2, -0.15) is 5.26 Å². The average Bonchev–Trinajstić information content (AvgIpc) is 2.65. The molecule has 2 heteroatoms. The smallest absolute Gasteiger partial charge is 0.108 e. The van der Waals surface area contributed by atoms with E-state index in [1.54, 1.807) is 11.8 Å². The largest absolute Gasteiger partial charge is 0.197 e. The molecule has 1 aromatic carbocycles. The molecule has 0 atom stereocenters. The molecule has 2 aliphatic carbocycles. The highest BCUT2D eigenvalue weighted by Gasteiger charge is 2.55. The lowest BCUT2D eigenvalue weighted by atomic mass is 9.58. The van der Waals surface area contributed by atoms with Crippen LogP contribution in [0.1, 0.15) is 51.4 Å². The van der Waals surface area contributed by atoms with Crippen LogP contribution in [0, 0.1) is 16.7 Å². The van der Waals surface area contributed by atoms with Gasteiger partial charge < -0.3 is 0 Å². The molecule has 0 heterocycles. The second kappa shape index (κ2) is 5.21. The van der Waals surface area contributed by atoms with E-state index >= 15 is 0 Å². The molecule has 0 saturated heterocycles. The van der Waals surface area contributed by atoms with E-state index in [1.807, 2.05) is 6.07 Å². The van der Waals surface area contributed by atoms with Crippen molar-refractivity contribution in [3.8, 4) is 6.07 Å². The second-order valence-electron chi connectivity index (χ2n) is 6.29. The van der Waals surface area contributed by atoms with Gasteiger partial charge in [-0.05, 0) is 43.2 Å². The summed E-state index contributed by atoms with van der Waals surface area (Å²) in [5, 5.41) is 9.61. The first kappa shape index (κ1) is 13.1. The van der Waals surface area contributed by atoms with Gasteiger partial charge in [0.25, 0.3) is 0 Å². The van der Waals surface area contributed by atoms with E-state index in [0.717, 1.165) is 12.8 Å². The number of nitriles is 1. The standard InChI is InChI=1S/C17H21NS/c18-14-17(19-15-8-4-3-5-9-15)12-16(13-17)10-6-1-2-7-11-16/h3-5,8-9H,1-2,6-7,10-13H2. The van der Waals surface area contributed by atoms with Crippen molar-refractivity contribution in [2.24, 2.45) is 5.41 Å². The molecule has 19 heavy (non-hydrogen) atoms. The van der Waals surface area contributed by atoms with E-state index < -0.39 is 0 Å². The maximum absolute atomic E-state index is 9.61. The average molecular weight is 271 g/mol. The molecular formula is C17H21NS. The van der Waals surface area contributed by atoms with Gasteiger partial charge in [-0.1, -0.05) is 43.9 Å². The Morgan fingerprint density at radius 1 is 0.947 bits per heavy atom. The van der Waals surface area contributed by atoms with Crippen molar-refractivity contribution in [1.29, 1.82) is 5.26 Å². The first-order valence-electron chi connectivity index (χ1n) is 7.41. The van der Waals surface area contributed by atoms with Crippen LogP contribution in [0.4, 0.5) is 0 Å². The van der Waals surface area contributed by atoms with E-state index in [2.05, 4.69) is 30.3 Å². The Morgan fingerprint density at radius 2 is 1.58 bits per heavy atom. The molecule has 2 fully saturated rings. The Kier molecular flexibility index (Phi) is 3.58. The molecular weight excluding hydrogens is 250 g/mol. The van der Waals surface area contributed by atoms with E-state index in [0.29, 0.717) is 5.41 Å². The zero-order chi connectivity index (χ0) is 13.2. The summed E-state index contributed by atoms with van der Waals surface area (Å²) in [6.45, 7) is 0. The minimum absolute atomic E-state index is 0.147. The third kappa shape index (κ3) is 2.67. The molecule has 0 amide bonds. The highest BCUT2D eigenvalue weighted by molar-refractivity contribution is 8.01. The third-order valence-corrected chi connectivity index (χ3v) is 6.02. The summed E-state index contributed by atoms with van der Waals surface area (Å²) in [6, 6.07) is 13.0. The minimum atomic E-state index is -0.147. The lowest BCUT2D eigenvalue weighted by Gasteiger charge is -2.52. The normalized spacial score (nSPS) is 24.2. The van der Waals surface area contributed by atoms with Crippen LogP contribution in [0.25, 0.3) is 0 Å². The molecule has 2 saturated carbocycles. The second-order valence-corrected chi connectivity index (χ2v) is 7.75.